The lowest BCUT2D eigenvalue weighted by molar-refractivity contribution is -0.117. The number of hydrogen-bond donors (Lipinski definition) is 2. The SMILES string of the molecule is O=C(NN[C@H]1SC(=O)N(c2ccccc2)C1=O)c1ccccc1. The molecule has 3 amide bonds. The highest BCUT2D eigenvalue weighted by Gasteiger charge is 2.40. The summed E-state index contributed by atoms with van der Waals surface area (Å²) < 4.78 is 0. The zero-order chi connectivity index (χ0) is 16.2. The van der Waals surface area contributed by atoms with E-state index in [1.54, 1.807) is 60.7 Å². The minimum Gasteiger partial charge on any atom is -0.286 e. The van der Waals surface area contributed by atoms with Crippen LogP contribution in [0, 0.1) is 0 Å². The van der Waals surface area contributed by atoms with Gasteiger partial charge in [-0.25, -0.2) is 10.3 Å². The molecule has 2 aromatic carbocycles. The predicted molar refractivity (Wildman–Crippen MR) is 87.7 cm³/mol. The predicted octanol–water partition coefficient (Wildman–Crippen LogP) is 2.15. The van der Waals surface area contributed by atoms with Gasteiger partial charge in [-0.05, 0) is 36.0 Å². The molecule has 6 nitrogen and oxygen atoms in total. The van der Waals surface area contributed by atoms with Gasteiger partial charge in [0.25, 0.3) is 17.1 Å². The summed E-state index contributed by atoms with van der Waals surface area (Å²) in [5, 5.41) is -1.23. The first-order chi connectivity index (χ1) is 11.2. The van der Waals surface area contributed by atoms with E-state index in [-0.39, 0.29) is 11.1 Å². The number of rotatable bonds is 4. The average Bonchev–Trinajstić information content (AvgIpc) is 2.88. The molecular formula is C16H13N3O3S. The van der Waals surface area contributed by atoms with Crippen molar-refractivity contribution in [2.45, 2.75) is 5.37 Å². The Hall–Kier alpha value is -2.64. The van der Waals surface area contributed by atoms with Crippen LogP contribution in [-0.2, 0) is 4.79 Å². The third-order valence-electron chi connectivity index (χ3n) is 3.21. The zero-order valence-corrected chi connectivity index (χ0v) is 12.7. The van der Waals surface area contributed by atoms with Gasteiger partial charge < -0.3 is 0 Å². The van der Waals surface area contributed by atoms with E-state index in [1.165, 1.54) is 0 Å². The molecule has 3 rings (SSSR count). The summed E-state index contributed by atoms with van der Waals surface area (Å²) in [6.45, 7) is 0. The Kier molecular flexibility index (Phi) is 4.40. The van der Waals surface area contributed by atoms with E-state index in [0.717, 1.165) is 16.7 Å². The second kappa shape index (κ2) is 6.64. The molecule has 2 N–H and O–H groups in total. The smallest absolute Gasteiger partial charge is 0.286 e. The number of anilines is 1. The second-order valence-corrected chi connectivity index (χ2v) is 5.79. The van der Waals surface area contributed by atoms with E-state index in [4.69, 9.17) is 0 Å². The summed E-state index contributed by atoms with van der Waals surface area (Å²) in [5.74, 6) is -0.788. The van der Waals surface area contributed by atoms with Gasteiger partial charge in [0.05, 0.1) is 5.69 Å². The first kappa shape index (κ1) is 15.3. The van der Waals surface area contributed by atoms with Gasteiger partial charge in [-0.1, -0.05) is 36.4 Å². The van der Waals surface area contributed by atoms with Crippen LogP contribution in [0.25, 0.3) is 0 Å². The third kappa shape index (κ3) is 3.25. The lowest BCUT2D eigenvalue weighted by atomic mass is 10.2. The lowest BCUT2D eigenvalue weighted by Gasteiger charge is -2.14. The van der Waals surface area contributed by atoms with Crippen LogP contribution in [0.2, 0.25) is 0 Å². The van der Waals surface area contributed by atoms with Gasteiger partial charge in [-0.3, -0.25) is 19.8 Å². The molecule has 2 aromatic rings. The summed E-state index contributed by atoms with van der Waals surface area (Å²) >= 11 is 0.825. The molecule has 0 bridgehead atoms. The topological polar surface area (TPSA) is 78.5 Å². The molecule has 7 heteroatoms. The van der Waals surface area contributed by atoms with Crippen molar-refractivity contribution in [1.29, 1.82) is 0 Å². The second-order valence-electron chi connectivity index (χ2n) is 4.74. The molecule has 1 aliphatic rings. The van der Waals surface area contributed by atoms with Crippen molar-refractivity contribution in [3.8, 4) is 0 Å². The molecule has 0 saturated carbocycles. The molecule has 0 aromatic heterocycles. The first-order valence-corrected chi connectivity index (χ1v) is 7.75. The molecule has 1 atom stereocenters. The highest BCUT2D eigenvalue weighted by molar-refractivity contribution is 8.15. The van der Waals surface area contributed by atoms with Crippen molar-refractivity contribution in [1.82, 2.24) is 10.9 Å². The Bertz CT molecular complexity index is 737. The summed E-state index contributed by atoms with van der Waals surface area (Å²) in [7, 11) is 0. The molecular weight excluding hydrogens is 314 g/mol. The number of thioether (sulfide) groups is 1. The van der Waals surface area contributed by atoms with Gasteiger partial charge in [0.15, 0.2) is 5.37 Å². The Morgan fingerprint density at radius 3 is 2.22 bits per heavy atom. The van der Waals surface area contributed by atoms with Crippen LogP contribution >= 0.6 is 11.8 Å². The highest BCUT2D eigenvalue weighted by atomic mass is 32.2. The van der Waals surface area contributed by atoms with E-state index in [1.807, 2.05) is 0 Å². The fourth-order valence-corrected chi connectivity index (χ4v) is 2.93. The van der Waals surface area contributed by atoms with E-state index in [2.05, 4.69) is 10.9 Å². The number of imide groups is 1. The number of hydrazine groups is 1. The van der Waals surface area contributed by atoms with Gasteiger partial charge in [0, 0.05) is 5.56 Å². The van der Waals surface area contributed by atoms with Crippen molar-refractivity contribution in [2.75, 3.05) is 4.90 Å². The maximum Gasteiger partial charge on any atom is 0.295 e. The molecule has 1 fully saturated rings. The van der Waals surface area contributed by atoms with E-state index >= 15 is 0 Å². The molecule has 0 aliphatic carbocycles. The normalized spacial score (nSPS) is 17.4. The maximum absolute atomic E-state index is 12.3. The van der Waals surface area contributed by atoms with Gasteiger partial charge in [0.1, 0.15) is 0 Å². The van der Waals surface area contributed by atoms with Crippen molar-refractivity contribution >= 4 is 34.5 Å². The minimum atomic E-state index is -0.852. The molecule has 0 spiro atoms. The Morgan fingerprint density at radius 1 is 0.957 bits per heavy atom. The molecule has 116 valence electrons. The van der Waals surface area contributed by atoms with Crippen LogP contribution < -0.4 is 15.8 Å². The summed E-state index contributed by atoms with van der Waals surface area (Å²) in [6, 6.07) is 17.3. The van der Waals surface area contributed by atoms with Crippen LogP contribution in [0.5, 0.6) is 0 Å². The molecule has 1 aliphatic heterocycles. The summed E-state index contributed by atoms with van der Waals surface area (Å²) in [4.78, 5) is 37.4. The number of amides is 3. The van der Waals surface area contributed by atoms with Crippen molar-refractivity contribution in [3.05, 3.63) is 66.2 Å². The molecule has 0 radical (unpaired) electrons. The number of hydrogen-bond acceptors (Lipinski definition) is 5. The fraction of sp³-hybridized carbons (Fsp3) is 0.0625. The standard InChI is InChI=1S/C16H13N3O3S/c20-13(11-7-3-1-4-8-11)17-18-14-15(21)19(16(22)23-14)12-9-5-2-6-10-12/h1-10,14,18H,(H,17,20)/t14-/m0/s1. The largest absolute Gasteiger partial charge is 0.295 e. The average molecular weight is 327 g/mol. The Morgan fingerprint density at radius 2 is 1.57 bits per heavy atom. The highest BCUT2D eigenvalue weighted by Crippen LogP contribution is 2.29. The number of carbonyl (C=O) groups excluding carboxylic acids is 3. The number of para-hydroxylation sites is 1. The monoisotopic (exact) mass is 327 g/mol. The zero-order valence-electron chi connectivity index (χ0n) is 11.9. The number of benzene rings is 2. The lowest BCUT2D eigenvalue weighted by Crippen LogP contribution is -2.47. The minimum absolute atomic E-state index is 0.371. The Balaban J connectivity index is 1.65. The van der Waals surface area contributed by atoms with E-state index in [0.29, 0.717) is 11.3 Å². The summed E-state index contributed by atoms with van der Waals surface area (Å²) in [6.07, 6.45) is 0. The van der Waals surface area contributed by atoms with Crippen molar-refractivity contribution in [3.63, 3.8) is 0 Å². The van der Waals surface area contributed by atoms with Crippen LogP contribution in [0.1, 0.15) is 10.4 Å². The van der Waals surface area contributed by atoms with E-state index in [9.17, 15) is 14.4 Å². The van der Waals surface area contributed by atoms with E-state index < -0.39 is 11.3 Å². The van der Waals surface area contributed by atoms with Crippen LogP contribution in [0.15, 0.2) is 60.7 Å². The number of carbonyl (C=O) groups is 3. The van der Waals surface area contributed by atoms with Crippen molar-refractivity contribution < 1.29 is 14.4 Å². The van der Waals surface area contributed by atoms with Gasteiger partial charge in [-0.2, -0.15) is 0 Å². The third-order valence-corrected chi connectivity index (χ3v) is 4.15. The van der Waals surface area contributed by atoms with Crippen LogP contribution in [0.3, 0.4) is 0 Å². The quantitative estimate of drug-likeness (QED) is 0.841. The molecule has 23 heavy (non-hydrogen) atoms. The van der Waals surface area contributed by atoms with Gasteiger partial charge >= 0.3 is 0 Å². The molecule has 1 saturated heterocycles. The first-order valence-electron chi connectivity index (χ1n) is 6.87. The van der Waals surface area contributed by atoms with Crippen LogP contribution in [0.4, 0.5) is 10.5 Å². The van der Waals surface area contributed by atoms with Gasteiger partial charge in [-0.15, -0.1) is 0 Å². The van der Waals surface area contributed by atoms with Gasteiger partial charge in [0.2, 0.25) is 0 Å². The molecule has 1 heterocycles. The van der Waals surface area contributed by atoms with Crippen LogP contribution in [-0.4, -0.2) is 22.4 Å². The van der Waals surface area contributed by atoms with Crippen molar-refractivity contribution in [2.24, 2.45) is 0 Å². The number of nitrogens with one attached hydrogen (secondary N) is 2. The Labute approximate surface area is 136 Å². The maximum atomic E-state index is 12.3. The summed E-state index contributed by atoms with van der Waals surface area (Å²) in [5.41, 5.74) is 6.03. The number of nitrogens with zero attached hydrogens (tertiary/aromatic N) is 1. The molecule has 0 unspecified atom stereocenters. The fourth-order valence-electron chi connectivity index (χ4n) is 2.10.